The molecule has 9 aromatic rings. The maximum Gasteiger partial charge on any atom is 0.135 e. The number of furan rings is 1. The molecule has 0 spiro atoms. The second kappa shape index (κ2) is 13.8. The van der Waals surface area contributed by atoms with E-state index in [1.165, 1.54) is 33.4 Å². The highest BCUT2D eigenvalue weighted by molar-refractivity contribution is 5.89. The summed E-state index contributed by atoms with van der Waals surface area (Å²) in [6.07, 6.45) is 0. The van der Waals surface area contributed by atoms with Gasteiger partial charge in [-0.2, -0.15) is 0 Å². The molecular weight excluding hydrogens is 631 g/mol. The van der Waals surface area contributed by atoms with Crippen LogP contribution in [0.25, 0.3) is 66.8 Å². The number of hydrogen-bond acceptors (Lipinski definition) is 2. The molecule has 2 heteroatoms. The summed E-state index contributed by atoms with van der Waals surface area (Å²) in [6, 6.07) is 75.3. The zero-order valence-corrected chi connectivity index (χ0v) is 28.6. The van der Waals surface area contributed by atoms with E-state index >= 15 is 0 Å². The van der Waals surface area contributed by atoms with Crippen LogP contribution in [-0.2, 0) is 0 Å². The molecule has 0 saturated heterocycles. The summed E-state index contributed by atoms with van der Waals surface area (Å²) in [5.74, 6) is 0.874. The Morgan fingerprint density at radius 1 is 0.308 bits per heavy atom. The average molecular weight is 666 g/mol. The third-order valence-electron chi connectivity index (χ3n) is 9.69. The molecule has 1 aromatic heterocycles. The molecule has 9 rings (SSSR count). The standard InChI is InChI=1S/C50H35NO/c1-3-13-36(14-4-1)40-18-11-19-41(33-40)37-25-29-45(30-26-37)51(48-23-9-8-22-47(48)39-15-5-2-6-16-39)46-31-27-38(28-32-46)42-20-12-21-43(34-42)50-35-44-17-7-10-24-49(44)52-50/h1-35H. The topological polar surface area (TPSA) is 16.4 Å². The highest BCUT2D eigenvalue weighted by atomic mass is 16.3. The van der Waals surface area contributed by atoms with Crippen LogP contribution in [0.1, 0.15) is 0 Å². The van der Waals surface area contributed by atoms with Gasteiger partial charge in [-0.25, -0.2) is 0 Å². The van der Waals surface area contributed by atoms with Crippen LogP contribution in [0.4, 0.5) is 17.1 Å². The van der Waals surface area contributed by atoms with Gasteiger partial charge in [-0.1, -0.05) is 158 Å². The molecule has 0 aliphatic rings. The second-order valence-corrected chi connectivity index (χ2v) is 13.0. The van der Waals surface area contributed by atoms with Gasteiger partial charge in [0, 0.05) is 27.9 Å². The van der Waals surface area contributed by atoms with Crippen molar-refractivity contribution in [2.24, 2.45) is 0 Å². The Balaban J connectivity index is 1.09. The lowest BCUT2D eigenvalue weighted by Gasteiger charge is -2.28. The van der Waals surface area contributed by atoms with Crippen LogP contribution in [-0.4, -0.2) is 0 Å². The summed E-state index contributed by atoms with van der Waals surface area (Å²) in [4.78, 5) is 2.36. The highest BCUT2D eigenvalue weighted by Crippen LogP contribution is 2.42. The first-order valence-corrected chi connectivity index (χ1v) is 17.7. The molecule has 1 heterocycles. The number of benzene rings is 8. The van der Waals surface area contributed by atoms with Crippen LogP contribution in [0.15, 0.2) is 217 Å². The maximum absolute atomic E-state index is 6.20. The number of hydrogen-bond donors (Lipinski definition) is 0. The number of rotatable bonds is 8. The van der Waals surface area contributed by atoms with E-state index in [9.17, 15) is 0 Å². The Morgan fingerprint density at radius 2 is 0.769 bits per heavy atom. The molecule has 0 saturated carbocycles. The minimum Gasteiger partial charge on any atom is -0.456 e. The first-order chi connectivity index (χ1) is 25.8. The lowest BCUT2D eigenvalue weighted by atomic mass is 9.98. The van der Waals surface area contributed by atoms with Gasteiger partial charge in [-0.15, -0.1) is 0 Å². The quantitative estimate of drug-likeness (QED) is 0.161. The van der Waals surface area contributed by atoms with Crippen molar-refractivity contribution in [1.29, 1.82) is 0 Å². The van der Waals surface area contributed by atoms with Crippen molar-refractivity contribution in [2.75, 3.05) is 4.90 Å². The fourth-order valence-electron chi connectivity index (χ4n) is 7.05. The molecule has 2 nitrogen and oxygen atoms in total. The van der Waals surface area contributed by atoms with Gasteiger partial charge in [0.15, 0.2) is 0 Å². The monoisotopic (exact) mass is 665 g/mol. The van der Waals surface area contributed by atoms with Crippen molar-refractivity contribution < 1.29 is 4.42 Å². The number of para-hydroxylation sites is 2. The van der Waals surface area contributed by atoms with E-state index in [2.05, 4.69) is 199 Å². The first-order valence-electron chi connectivity index (χ1n) is 17.7. The summed E-state index contributed by atoms with van der Waals surface area (Å²) < 4.78 is 6.20. The van der Waals surface area contributed by atoms with Crippen LogP contribution >= 0.6 is 0 Å². The molecule has 0 N–H and O–H groups in total. The zero-order chi connectivity index (χ0) is 34.7. The fraction of sp³-hybridized carbons (Fsp3) is 0. The molecule has 0 atom stereocenters. The van der Waals surface area contributed by atoms with E-state index in [1.54, 1.807) is 0 Å². The summed E-state index contributed by atoms with van der Waals surface area (Å²) in [7, 11) is 0. The molecule has 0 radical (unpaired) electrons. The van der Waals surface area contributed by atoms with Crippen LogP contribution in [0.2, 0.25) is 0 Å². The molecule has 52 heavy (non-hydrogen) atoms. The molecule has 0 aliphatic heterocycles. The minimum atomic E-state index is 0.874. The third kappa shape index (κ3) is 6.19. The third-order valence-corrected chi connectivity index (χ3v) is 9.69. The molecule has 0 aliphatic carbocycles. The number of anilines is 3. The van der Waals surface area contributed by atoms with Crippen molar-refractivity contribution in [2.45, 2.75) is 0 Å². The van der Waals surface area contributed by atoms with Gasteiger partial charge >= 0.3 is 0 Å². The van der Waals surface area contributed by atoms with E-state index in [-0.39, 0.29) is 0 Å². The molecule has 0 bridgehead atoms. The molecule has 246 valence electrons. The van der Waals surface area contributed by atoms with E-state index < -0.39 is 0 Å². The van der Waals surface area contributed by atoms with Crippen molar-refractivity contribution in [3.05, 3.63) is 212 Å². The Kier molecular flexibility index (Phi) is 8.24. The predicted molar refractivity (Wildman–Crippen MR) is 218 cm³/mol. The van der Waals surface area contributed by atoms with E-state index in [0.717, 1.165) is 50.5 Å². The Labute approximate surface area is 304 Å². The lowest BCUT2D eigenvalue weighted by Crippen LogP contribution is -2.11. The fourth-order valence-corrected chi connectivity index (χ4v) is 7.05. The molecule has 0 unspecified atom stereocenters. The van der Waals surface area contributed by atoms with Gasteiger partial charge in [0.1, 0.15) is 11.3 Å². The maximum atomic E-state index is 6.20. The molecule has 0 amide bonds. The first kappa shape index (κ1) is 31.1. The van der Waals surface area contributed by atoms with Crippen LogP contribution in [0, 0.1) is 0 Å². The largest absolute Gasteiger partial charge is 0.456 e. The van der Waals surface area contributed by atoms with E-state index in [1.807, 2.05) is 18.2 Å². The van der Waals surface area contributed by atoms with Gasteiger partial charge in [-0.05, 0) is 93.5 Å². The molecular formula is C50H35NO. The summed E-state index contributed by atoms with van der Waals surface area (Å²) in [6.45, 7) is 0. The van der Waals surface area contributed by atoms with E-state index in [4.69, 9.17) is 4.42 Å². The summed E-state index contributed by atoms with van der Waals surface area (Å²) in [5, 5.41) is 1.11. The number of nitrogens with zero attached hydrogens (tertiary/aromatic N) is 1. The lowest BCUT2D eigenvalue weighted by molar-refractivity contribution is 0.631. The SMILES string of the molecule is c1ccc(-c2cccc(-c3ccc(N(c4ccc(-c5cccc(-c6cc7ccccc7o6)c5)cc4)c4ccccc4-c4ccccc4)cc3)c2)cc1. The van der Waals surface area contributed by atoms with Crippen LogP contribution in [0.3, 0.4) is 0 Å². The zero-order valence-electron chi connectivity index (χ0n) is 28.6. The van der Waals surface area contributed by atoms with Crippen molar-refractivity contribution in [1.82, 2.24) is 0 Å². The van der Waals surface area contributed by atoms with Crippen molar-refractivity contribution in [3.8, 4) is 55.8 Å². The summed E-state index contributed by atoms with van der Waals surface area (Å²) >= 11 is 0. The Morgan fingerprint density at radius 3 is 1.38 bits per heavy atom. The van der Waals surface area contributed by atoms with E-state index in [0.29, 0.717) is 0 Å². The second-order valence-electron chi connectivity index (χ2n) is 13.0. The van der Waals surface area contributed by atoms with Crippen molar-refractivity contribution in [3.63, 3.8) is 0 Å². The smallest absolute Gasteiger partial charge is 0.135 e. The van der Waals surface area contributed by atoms with Gasteiger partial charge in [0.2, 0.25) is 0 Å². The normalized spacial score (nSPS) is 11.1. The van der Waals surface area contributed by atoms with Crippen LogP contribution in [0.5, 0.6) is 0 Å². The van der Waals surface area contributed by atoms with Gasteiger partial charge in [-0.3, -0.25) is 0 Å². The van der Waals surface area contributed by atoms with Gasteiger partial charge in [0.05, 0.1) is 5.69 Å². The predicted octanol–water partition coefficient (Wildman–Crippen LogP) is 14.2. The summed E-state index contributed by atoms with van der Waals surface area (Å²) in [5.41, 5.74) is 14.7. The Hall–Kier alpha value is -6.90. The Bertz CT molecular complexity index is 2570. The van der Waals surface area contributed by atoms with Gasteiger partial charge < -0.3 is 9.32 Å². The molecule has 0 fully saturated rings. The minimum absolute atomic E-state index is 0.874. The highest BCUT2D eigenvalue weighted by Gasteiger charge is 2.18. The van der Waals surface area contributed by atoms with Crippen molar-refractivity contribution >= 4 is 28.0 Å². The molecule has 8 aromatic carbocycles. The average Bonchev–Trinajstić information content (AvgIpc) is 3.67. The van der Waals surface area contributed by atoms with Gasteiger partial charge in [0.25, 0.3) is 0 Å². The van der Waals surface area contributed by atoms with Crippen LogP contribution < -0.4 is 4.90 Å². The number of fused-ring (bicyclic) bond motifs is 1.